The van der Waals surface area contributed by atoms with Gasteiger partial charge in [0.1, 0.15) is 18.2 Å². The summed E-state index contributed by atoms with van der Waals surface area (Å²) in [4.78, 5) is 64.1. The topological polar surface area (TPSA) is 155 Å². The predicted octanol–water partition coefficient (Wildman–Crippen LogP) is 3.50. The van der Waals surface area contributed by atoms with E-state index in [1.165, 1.54) is 4.90 Å². The number of halogens is 2. The van der Waals surface area contributed by atoms with E-state index in [0.29, 0.717) is 17.8 Å². The molecule has 1 aromatic heterocycles. The summed E-state index contributed by atoms with van der Waals surface area (Å²) in [6, 6.07) is 12.7. The molecule has 11 nitrogen and oxygen atoms in total. The lowest BCUT2D eigenvalue weighted by molar-refractivity contribution is -0.140. The molecule has 50 heavy (non-hydrogen) atoms. The van der Waals surface area contributed by atoms with Crippen LogP contribution in [-0.4, -0.2) is 81.2 Å². The average Bonchev–Trinajstić information content (AvgIpc) is 3.62. The first-order valence-electron chi connectivity index (χ1n) is 16.4. The van der Waals surface area contributed by atoms with Crippen molar-refractivity contribution >= 4 is 29.4 Å². The number of rotatable bonds is 16. The third kappa shape index (κ3) is 9.57. The van der Waals surface area contributed by atoms with Crippen LogP contribution in [0.3, 0.4) is 0 Å². The SMILES string of the molecule is CC(C)(C)[C@H](c1cc(-c2cc(F)ccc2F)cn1Cc1ccccc1)N(CC[C@H](N)C(=O)NCCCC(=O)CN1C(=O)C=CC1=O)C(=O)CO. The maximum Gasteiger partial charge on any atom is 0.254 e. The second-order valence-electron chi connectivity index (χ2n) is 13.3. The van der Waals surface area contributed by atoms with Crippen molar-refractivity contribution < 1.29 is 37.9 Å². The highest BCUT2D eigenvalue weighted by molar-refractivity contribution is 6.14. The summed E-state index contributed by atoms with van der Waals surface area (Å²) in [5, 5.41) is 12.7. The van der Waals surface area contributed by atoms with E-state index >= 15 is 0 Å². The molecular weight excluding hydrogens is 648 g/mol. The normalized spacial score (nSPS) is 14.2. The molecule has 4 amide bonds. The number of ketones is 1. The number of hydrogen-bond donors (Lipinski definition) is 3. The van der Waals surface area contributed by atoms with Crippen molar-refractivity contribution in [3.8, 4) is 11.1 Å². The summed E-state index contributed by atoms with van der Waals surface area (Å²) in [6.45, 7) is 5.06. The van der Waals surface area contributed by atoms with E-state index < -0.39 is 59.4 Å². The van der Waals surface area contributed by atoms with Gasteiger partial charge in [0.05, 0.1) is 18.6 Å². The molecule has 1 aliphatic rings. The van der Waals surface area contributed by atoms with Crippen LogP contribution in [0.2, 0.25) is 0 Å². The first kappa shape index (κ1) is 37.8. The Morgan fingerprint density at radius 3 is 2.32 bits per heavy atom. The van der Waals surface area contributed by atoms with Crippen molar-refractivity contribution in [2.75, 3.05) is 26.2 Å². The highest BCUT2D eigenvalue weighted by Gasteiger charge is 2.37. The number of nitrogens with one attached hydrogen (secondary N) is 1. The highest BCUT2D eigenvalue weighted by atomic mass is 19.1. The van der Waals surface area contributed by atoms with Crippen LogP contribution in [0.15, 0.2) is 72.9 Å². The van der Waals surface area contributed by atoms with Gasteiger partial charge in [0.15, 0.2) is 5.78 Å². The van der Waals surface area contributed by atoms with Crippen LogP contribution in [-0.2, 0) is 30.5 Å². The molecule has 1 aliphatic heterocycles. The lowest BCUT2D eigenvalue weighted by atomic mass is 9.82. The van der Waals surface area contributed by atoms with Gasteiger partial charge < -0.3 is 25.6 Å². The third-order valence-corrected chi connectivity index (χ3v) is 8.42. The van der Waals surface area contributed by atoms with E-state index in [4.69, 9.17) is 5.73 Å². The third-order valence-electron chi connectivity index (χ3n) is 8.42. The molecule has 4 rings (SSSR count). The van der Waals surface area contributed by atoms with E-state index in [9.17, 15) is 37.9 Å². The molecule has 0 saturated heterocycles. The molecule has 266 valence electrons. The number of carbonyl (C=O) groups is 5. The Morgan fingerprint density at radius 2 is 1.68 bits per heavy atom. The van der Waals surface area contributed by atoms with E-state index in [1.807, 2.05) is 55.7 Å². The summed E-state index contributed by atoms with van der Waals surface area (Å²) in [5.74, 6) is -3.75. The first-order chi connectivity index (χ1) is 23.7. The Morgan fingerprint density at radius 1 is 1.00 bits per heavy atom. The molecule has 4 N–H and O–H groups in total. The van der Waals surface area contributed by atoms with Crippen LogP contribution in [0.4, 0.5) is 8.78 Å². The number of carbonyl (C=O) groups excluding carboxylic acids is 5. The number of aromatic nitrogens is 1. The second-order valence-corrected chi connectivity index (χ2v) is 13.3. The van der Waals surface area contributed by atoms with Crippen LogP contribution in [0.5, 0.6) is 0 Å². The monoisotopic (exact) mass is 691 g/mol. The highest BCUT2D eigenvalue weighted by Crippen LogP contribution is 2.41. The Labute approximate surface area is 289 Å². The van der Waals surface area contributed by atoms with E-state index in [1.54, 1.807) is 12.3 Å². The summed E-state index contributed by atoms with van der Waals surface area (Å²) >= 11 is 0. The zero-order chi connectivity index (χ0) is 36.6. The summed E-state index contributed by atoms with van der Waals surface area (Å²) in [6.07, 6.45) is 4.23. The zero-order valence-corrected chi connectivity index (χ0v) is 28.4. The summed E-state index contributed by atoms with van der Waals surface area (Å²) < 4.78 is 31.1. The molecule has 2 aromatic carbocycles. The zero-order valence-electron chi connectivity index (χ0n) is 28.4. The van der Waals surface area contributed by atoms with E-state index in [-0.39, 0.29) is 50.2 Å². The van der Waals surface area contributed by atoms with Gasteiger partial charge in [0.25, 0.3) is 11.8 Å². The van der Waals surface area contributed by atoms with Gasteiger partial charge in [0.2, 0.25) is 11.8 Å². The van der Waals surface area contributed by atoms with Crippen molar-refractivity contribution in [2.45, 2.75) is 58.7 Å². The molecule has 0 saturated carbocycles. The number of benzene rings is 2. The Hall–Kier alpha value is -5.01. The van der Waals surface area contributed by atoms with Gasteiger partial charge in [0, 0.05) is 61.2 Å². The Kier molecular flexibility index (Phi) is 12.5. The number of nitrogens with zero attached hydrogens (tertiary/aromatic N) is 3. The summed E-state index contributed by atoms with van der Waals surface area (Å²) in [5.41, 5.74) is 7.59. The molecule has 2 atom stereocenters. The Bertz CT molecular complexity index is 1730. The number of amides is 4. The maximum atomic E-state index is 15.0. The number of Topliss-reactive ketones (excluding diaryl/α,β-unsaturated/α-hetero) is 1. The molecule has 0 aliphatic carbocycles. The van der Waals surface area contributed by atoms with E-state index in [0.717, 1.165) is 40.8 Å². The van der Waals surface area contributed by atoms with Crippen molar-refractivity contribution in [1.29, 1.82) is 0 Å². The predicted molar refractivity (Wildman–Crippen MR) is 182 cm³/mol. The summed E-state index contributed by atoms with van der Waals surface area (Å²) in [7, 11) is 0. The van der Waals surface area contributed by atoms with E-state index in [2.05, 4.69) is 5.32 Å². The smallest absolute Gasteiger partial charge is 0.254 e. The van der Waals surface area contributed by atoms with Crippen LogP contribution in [0, 0.1) is 17.0 Å². The van der Waals surface area contributed by atoms with Crippen molar-refractivity contribution in [3.05, 3.63) is 95.8 Å². The van der Waals surface area contributed by atoms with Crippen LogP contribution in [0.1, 0.15) is 57.3 Å². The Balaban J connectivity index is 1.50. The molecule has 13 heteroatoms. The fraction of sp³-hybridized carbons (Fsp3) is 0.378. The molecule has 0 spiro atoms. The second kappa shape index (κ2) is 16.6. The van der Waals surface area contributed by atoms with Crippen molar-refractivity contribution in [2.24, 2.45) is 11.1 Å². The fourth-order valence-electron chi connectivity index (χ4n) is 5.98. The van der Waals surface area contributed by atoms with Crippen LogP contribution >= 0.6 is 0 Å². The van der Waals surface area contributed by atoms with Gasteiger partial charge in [-0.1, -0.05) is 51.1 Å². The molecule has 0 fully saturated rings. The van der Waals surface area contributed by atoms with Crippen molar-refractivity contribution in [3.63, 3.8) is 0 Å². The molecule has 0 unspecified atom stereocenters. The van der Waals surface area contributed by atoms with Gasteiger partial charge >= 0.3 is 0 Å². The standard InChI is InChI=1S/C37H43F2N5O6/c1-37(2,3)35(31-18-25(28-19-26(38)11-12-29(28)39)21-42(31)20-24-8-5-4-6-9-24)43(34(49)23-45)17-15-30(40)36(50)41-16-7-10-27(46)22-44-32(47)13-14-33(44)48/h4-6,8-9,11-14,18-19,21,30,35,45H,7,10,15-17,20,22-23,40H2,1-3H3,(H,41,50)/t30-,35-/m0/s1. The molecular formula is C37H43F2N5O6. The first-order valence-corrected chi connectivity index (χ1v) is 16.4. The molecule has 2 heterocycles. The van der Waals surface area contributed by atoms with Crippen molar-refractivity contribution in [1.82, 2.24) is 19.7 Å². The number of imide groups is 1. The van der Waals surface area contributed by atoms with Gasteiger partial charge in [-0.15, -0.1) is 0 Å². The molecule has 3 aromatic rings. The maximum absolute atomic E-state index is 15.0. The quantitative estimate of drug-likeness (QED) is 0.154. The lowest BCUT2D eigenvalue weighted by Gasteiger charge is -2.41. The number of nitrogens with two attached hydrogens (primary N) is 1. The largest absolute Gasteiger partial charge is 0.387 e. The average molecular weight is 692 g/mol. The minimum atomic E-state index is -1.04. The lowest BCUT2D eigenvalue weighted by Crippen LogP contribution is -2.47. The van der Waals surface area contributed by atoms with Gasteiger partial charge in [-0.3, -0.25) is 28.9 Å². The molecule has 0 radical (unpaired) electrons. The van der Waals surface area contributed by atoms with Crippen LogP contribution < -0.4 is 11.1 Å². The van der Waals surface area contributed by atoms with Gasteiger partial charge in [-0.2, -0.15) is 0 Å². The van der Waals surface area contributed by atoms with Crippen LogP contribution in [0.25, 0.3) is 11.1 Å². The number of aliphatic hydroxyl groups is 1. The minimum Gasteiger partial charge on any atom is -0.387 e. The fourth-order valence-corrected chi connectivity index (χ4v) is 5.98. The number of hydrogen-bond acceptors (Lipinski definition) is 7. The minimum absolute atomic E-state index is 0.0134. The molecule has 0 bridgehead atoms. The number of aliphatic hydroxyl groups excluding tert-OH is 1. The van der Waals surface area contributed by atoms with Gasteiger partial charge in [-0.25, -0.2) is 8.78 Å². The van der Waals surface area contributed by atoms with Gasteiger partial charge in [-0.05, 0) is 48.1 Å².